The van der Waals surface area contributed by atoms with Crippen LogP contribution in [0.4, 0.5) is 5.69 Å². The van der Waals surface area contributed by atoms with Crippen molar-refractivity contribution in [3.05, 3.63) is 91.6 Å². The van der Waals surface area contributed by atoms with Gasteiger partial charge in [-0.15, -0.1) is 0 Å². The first-order chi connectivity index (χ1) is 17.6. The lowest BCUT2D eigenvalue weighted by Crippen LogP contribution is -2.29. The van der Waals surface area contributed by atoms with Crippen LogP contribution in [0.3, 0.4) is 0 Å². The number of amides is 2. The van der Waals surface area contributed by atoms with Gasteiger partial charge in [-0.3, -0.25) is 24.4 Å². The summed E-state index contributed by atoms with van der Waals surface area (Å²) in [7, 11) is 0. The Bertz CT molecular complexity index is 1510. The van der Waals surface area contributed by atoms with Crippen molar-refractivity contribution < 1.29 is 24.6 Å². The third-order valence-corrected chi connectivity index (χ3v) is 6.53. The number of nitrogens with zero attached hydrogens (tertiary/aromatic N) is 1. The van der Waals surface area contributed by atoms with Crippen molar-refractivity contribution in [3.63, 3.8) is 0 Å². The molecular weight excluding hydrogens is 502 g/mol. The molecule has 2 unspecified atom stereocenters. The molecule has 0 aliphatic carbocycles. The Kier molecular flexibility index (Phi) is 7.25. The van der Waals surface area contributed by atoms with Gasteiger partial charge < -0.3 is 20.8 Å². The van der Waals surface area contributed by atoms with E-state index in [-0.39, 0.29) is 22.7 Å². The Hall–Kier alpha value is -4.65. The van der Waals surface area contributed by atoms with E-state index < -0.39 is 46.2 Å². The molecule has 1 saturated heterocycles. The number of aromatic amines is 2. The molecule has 0 radical (unpaired) electrons. The number of aliphatic imine (C=N–C) groups is 1. The second-order valence-corrected chi connectivity index (χ2v) is 9.34. The summed E-state index contributed by atoms with van der Waals surface area (Å²) in [5, 5.41) is 23.8. The number of rotatable bonds is 7. The standard InChI is InChI=1S/C24H21N5O7S/c1-11-2-4-12(5-3-11)18(17-20(32)27-23(36)28-21(17)33)26-24-29-19(31)15(37-24)10-16(30)25-14-8-6-13(7-9-14)22(34)35/h2-9,15,18H,10H2,1H3,(H,25,30)(H,34,35)(H,26,29,31)(H3,27,28,32,33,36). The zero-order valence-electron chi connectivity index (χ0n) is 19.3. The maximum atomic E-state index is 12.5. The minimum atomic E-state index is -1.09. The Morgan fingerprint density at radius 3 is 2.35 bits per heavy atom. The highest BCUT2D eigenvalue weighted by atomic mass is 32.2. The minimum absolute atomic E-state index is 0.0695. The van der Waals surface area contributed by atoms with Crippen molar-refractivity contribution >= 4 is 40.4 Å². The number of anilines is 1. The number of hydrogen-bond donors (Lipinski definition) is 6. The normalized spacial score (nSPS) is 16.8. The van der Waals surface area contributed by atoms with Gasteiger partial charge in [-0.25, -0.2) is 14.6 Å². The quantitative estimate of drug-likeness (QED) is 0.268. The summed E-state index contributed by atoms with van der Waals surface area (Å²) >= 11 is 0.985. The van der Waals surface area contributed by atoms with Crippen LogP contribution in [0.15, 0.2) is 63.1 Å². The lowest BCUT2D eigenvalue weighted by molar-refractivity contribution is -0.122. The van der Waals surface area contributed by atoms with Crippen molar-refractivity contribution in [2.24, 2.45) is 4.99 Å². The second kappa shape index (κ2) is 10.5. The van der Waals surface area contributed by atoms with E-state index in [1.807, 2.05) is 6.92 Å². The van der Waals surface area contributed by atoms with Crippen LogP contribution in [-0.2, 0) is 9.59 Å². The first-order valence-electron chi connectivity index (χ1n) is 10.9. The number of carbonyl (C=O) groups is 3. The van der Waals surface area contributed by atoms with Gasteiger partial charge in [-0.1, -0.05) is 41.6 Å². The number of hydrogen-bond acceptors (Lipinski definition) is 8. The van der Waals surface area contributed by atoms with Crippen LogP contribution in [0.25, 0.3) is 0 Å². The molecule has 1 aliphatic heterocycles. The number of nitrogens with one attached hydrogen (secondary N) is 4. The van der Waals surface area contributed by atoms with Gasteiger partial charge in [0.1, 0.15) is 16.9 Å². The largest absolute Gasteiger partial charge is 0.494 e. The van der Waals surface area contributed by atoms with E-state index in [1.165, 1.54) is 24.3 Å². The molecule has 2 amide bonds. The average Bonchev–Trinajstić information content (AvgIpc) is 3.17. The van der Waals surface area contributed by atoms with Crippen molar-refractivity contribution in [3.8, 4) is 5.88 Å². The predicted octanol–water partition coefficient (Wildman–Crippen LogP) is 1.48. The van der Waals surface area contributed by atoms with Gasteiger partial charge in [-0.05, 0) is 36.8 Å². The van der Waals surface area contributed by atoms with Crippen molar-refractivity contribution in [2.45, 2.75) is 24.6 Å². The van der Waals surface area contributed by atoms with Crippen LogP contribution in [0, 0.1) is 6.92 Å². The smallest absolute Gasteiger partial charge is 0.335 e. The Morgan fingerprint density at radius 1 is 1.05 bits per heavy atom. The number of aromatic nitrogens is 2. The van der Waals surface area contributed by atoms with Crippen molar-refractivity contribution in [2.75, 3.05) is 5.32 Å². The Morgan fingerprint density at radius 2 is 1.73 bits per heavy atom. The fourth-order valence-electron chi connectivity index (χ4n) is 3.59. The number of benzene rings is 2. The Balaban J connectivity index is 1.55. The van der Waals surface area contributed by atoms with Crippen LogP contribution in [0.1, 0.15) is 39.5 Å². The molecule has 13 heteroatoms. The van der Waals surface area contributed by atoms with E-state index in [9.17, 15) is 29.1 Å². The van der Waals surface area contributed by atoms with Gasteiger partial charge in [0.2, 0.25) is 17.7 Å². The van der Waals surface area contributed by atoms with Crippen LogP contribution < -0.4 is 21.9 Å². The van der Waals surface area contributed by atoms with Crippen molar-refractivity contribution in [1.29, 1.82) is 0 Å². The van der Waals surface area contributed by atoms with Gasteiger partial charge in [0.05, 0.1) is 5.56 Å². The topological polar surface area (TPSA) is 194 Å². The molecule has 2 atom stereocenters. The molecule has 4 rings (SSSR count). The molecule has 2 aromatic carbocycles. The summed E-state index contributed by atoms with van der Waals surface area (Å²) < 4.78 is 0. The molecular formula is C24H21N5O7S. The van der Waals surface area contributed by atoms with E-state index in [1.54, 1.807) is 24.3 Å². The Labute approximate surface area is 212 Å². The summed E-state index contributed by atoms with van der Waals surface area (Å²) in [6, 6.07) is 11.5. The number of aromatic hydroxyl groups is 1. The zero-order valence-corrected chi connectivity index (χ0v) is 20.1. The van der Waals surface area contributed by atoms with Crippen LogP contribution in [0.5, 0.6) is 5.88 Å². The highest BCUT2D eigenvalue weighted by molar-refractivity contribution is 8.15. The van der Waals surface area contributed by atoms with Gasteiger partial charge >= 0.3 is 11.7 Å². The number of carbonyl (C=O) groups excluding carboxylic acids is 2. The second-order valence-electron chi connectivity index (χ2n) is 8.15. The monoisotopic (exact) mass is 523 g/mol. The van der Waals surface area contributed by atoms with Crippen LogP contribution in [-0.4, -0.2) is 48.4 Å². The third kappa shape index (κ3) is 5.95. The molecule has 190 valence electrons. The maximum absolute atomic E-state index is 12.5. The van der Waals surface area contributed by atoms with Gasteiger partial charge in [-0.2, -0.15) is 0 Å². The molecule has 37 heavy (non-hydrogen) atoms. The number of thioether (sulfide) groups is 1. The molecule has 12 nitrogen and oxygen atoms in total. The van der Waals surface area contributed by atoms with E-state index in [4.69, 9.17) is 5.11 Å². The number of carboxylic acids is 1. The highest BCUT2D eigenvalue weighted by Crippen LogP contribution is 2.32. The molecule has 0 saturated carbocycles. The van der Waals surface area contributed by atoms with Gasteiger partial charge in [0.15, 0.2) is 5.17 Å². The number of aromatic carboxylic acids is 1. The molecule has 1 aromatic heterocycles. The van der Waals surface area contributed by atoms with Gasteiger partial charge in [0, 0.05) is 12.1 Å². The average molecular weight is 524 g/mol. The molecule has 1 fully saturated rings. The molecule has 2 heterocycles. The van der Waals surface area contributed by atoms with E-state index in [0.717, 1.165) is 17.3 Å². The first-order valence-corrected chi connectivity index (χ1v) is 11.8. The van der Waals surface area contributed by atoms with Gasteiger partial charge in [0.25, 0.3) is 5.56 Å². The fourth-order valence-corrected chi connectivity index (χ4v) is 4.58. The molecule has 1 aliphatic rings. The summed E-state index contributed by atoms with van der Waals surface area (Å²) in [5.74, 6) is -2.68. The molecule has 6 N–H and O–H groups in total. The highest BCUT2D eigenvalue weighted by Gasteiger charge is 2.33. The van der Waals surface area contributed by atoms with Crippen LogP contribution in [0.2, 0.25) is 0 Å². The summed E-state index contributed by atoms with van der Waals surface area (Å²) in [5.41, 5.74) is -0.0192. The van der Waals surface area contributed by atoms with Crippen molar-refractivity contribution in [1.82, 2.24) is 15.3 Å². The van der Waals surface area contributed by atoms with E-state index in [0.29, 0.717) is 11.3 Å². The number of H-pyrrole nitrogens is 2. The number of aryl methyl sites for hydroxylation is 1. The molecule has 0 spiro atoms. The zero-order chi connectivity index (χ0) is 26.7. The number of carboxylic acid groups (broad SMARTS) is 1. The fraction of sp³-hybridized carbons (Fsp3) is 0.167. The van der Waals surface area contributed by atoms with E-state index >= 15 is 0 Å². The molecule has 0 bridgehead atoms. The first kappa shape index (κ1) is 25.4. The van der Waals surface area contributed by atoms with E-state index in [2.05, 4.69) is 25.6 Å². The lowest BCUT2D eigenvalue weighted by Gasteiger charge is -2.14. The minimum Gasteiger partial charge on any atom is -0.494 e. The lowest BCUT2D eigenvalue weighted by atomic mass is 10.00. The summed E-state index contributed by atoms with van der Waals surface area (Å²) in [6.45, 7) is 1.87. The summed E-state index contributed by atoms with van der Waals surface area (Å²) in [6.07, 6.45) is -0.199. The maximum Gasteiger partial charge on any atom is 0.335 e. The van der Waals surface area contributed by atoms with Crippen LogP contribution >= 0.6 is 11.8 Å². The molecule has 3 aromatic rings. The third-order valence-electron chi connectivity index (χ3n) is 5.43. The SMILES string of the molecule is Cc1ccc(C(N=C2NC(=O)C(CC(=O)Nc3ccc(C(=O)O)cc3)S2)c2c(O)[nH]c(=O)[nH]c2=O)cc1. The number of amidine groups is 1. The summed E-state index contributed by atoms with van der Waals surface area (Å²) in [4.78, 5) is 68.8. The predicted molar refractivity (Wildman–Crippen MR) is 136 cm³/mol.